The molecule has 8 heteroatoms. The van der Waals surface area contributed by atoms with Crippen LogP contribution in [0.15, 0.2) is 59.5 Å². The van der Waals surface area contributed by atoms with Gasteiger partial charge < -0.3 is 9.26 Å². The second-order valence-electron chi connectivity index (χ2n) is 5.71. The van der Waals surface area contributed by atoms with E-state index in [0.717, 1.165) is 22.2 Å². The minimum Gasteiger partial charge on any atom is -0.406 e. The number of aryl methyl sites for hydroxylation is 1. The van der Waals surface area contributed by atoms with Gasteiger partial charge in [0.05, 0.1) is 11.1 Å². The number of fused-ring (bicyclic) bond motifs is 1. The number of halogens is 3. The van der Waals surface area contributed by atoms with Crippen LogP contribution in [0.25, 0.3) is 27.9 Å². The van der Waals surface area contributed by atoms with Crippen molar-refractivity contribution in [3.63, 3.8) is 0 Å². The highest BCUT2D eigenvalue weighted by Crippen LogP contribution is 2.30. The molecule has 4 rings (SSSR count). The molecule has 0 saturated carbocycles. The van der Waals surface area contributed by atoms with Crippen molar-refractivity contribution in [2.24, 2.45) is 0 Å². The van der Waals surface area contributed by atoms with Gasteiger partial charge in [-0.05, 0) is 42.3 Å². The van der Waals surface area contributed by atoms with E-state index in [0.29, 0.717) is 11.4 Å². The summed E-state index contributed by atoms with van der Waals surface area (Å²) in [6, 6.07) is 11.1. The van der Waals surface area contributed by atoms with Crippen molar-refractivity contribution >= 4 is 11.0 Å². The topological polar surface area (TPSA) is 53.1 Å². The van der Waals surface area contributed by atoms with Gasteiger partial charge in [0.1, 0.15) is 12.1 Å². The maximum absolute atomic E-state index is 12.3. The van der Waals surface area contributed by atoms with E-state index in [9.17, 15) is 13.2 Å². The first-order chi connectivity index (χ1) is 12.4. The zero-order valence-corrected chi connectivity index (χ0v) is 13.5. The molecule has 0 bridgehead atoms. The van der Waals surface area contributed by atoms with Crippen LogP contribution >= 0.6 is 0 Å². The molecule has 0 fully saturated rings. The molecule has 0 amide bonds. The standard InChI is InChI=1S/C18H12F3N3O2/c1-11-9-24(10-22-11)17-15-8-13(4-7-16(15)26-23-17)12-2-5-14(6-3-12)25-18(19,20)21/h2-10H,1H3. The number of aromatic nitrogens is 3. The van der Waals surface area contributed by atoms with E-state index < -0.39 is 6.36 Å². The summed E-state index contributed by atoms with van der Waals surface area (Å²) in [7, 11) is 0. The van der Waals surface area contributed by atoms with Gasteiger partial charge in [0.15, 0.2) is 11.4 Å². The molecule has 0 saturated heterocycles. The van der Waals surface area contributed by atoms with Gasteiger partial charge in [-0.1, -0.05) is 23.4 Å². The first-order valence-corrected chi connectivity index (χ1v) is 7.66. The van der Waals surface area contributed by atoms with Crippen molar-refractivity contribution < 1.29 is 22.4 Å². The average Bonchev–Trinajstić information content (AvgIpc) is 3.19. The summed E-state index contributed by atoms with van der Waals surface area (Å²) in [5.74, 6) is 0.335. The molecule has 4 aromatic rings. The Morgan fingerprint density at radius 1 is 1.04 bits per heavy atom. The lowest BCUT2D eigenvalue weighted by Gasteiger charge is -2.09. The Balaban J connectivity index is 1.71. The number of alkyl halides is 3. The van der Waals surface area contributed by atoms with Gasteiger partial charge in [0.2, 0.25) is 0 Å². The fourth-order valence-electron chi connectivity index (χ4n) is 2.68. The Morgan fingerprint density at radius 3 is 2.42 bits per heavy atom. The molecular formula is C18H12F3N3O2. The molecule has 0 radical (unpaired) electrons. The van der Waals surface area contributed by atoms with Crippen molar-refractivity contribution in [3.05, 3.63) is 60.7 Å². The van der Waals surface area contributed by atoms with Crippen molar-refractivity contribution in [2.45, 2.75) is 13.3 Å². The fourth-order valence-corrected chi connectivity index (χ4v) is 2.68. The van der Waals surface area contributed by atoms with Crippen LogP contribution in [-0.2, 0) is 0 Å². The van der Waals surface area contributed by atoms with Gasteiger partial charge in [-0.25, -0.2) is 4.98 Å². The molecule has 0 unspecified atom stereocenters. The van der Waals surface area contributed by atoms with Crippen molar-refractivity contribution in [2.75, 3.05) is 0 Å². The summed E-state index contributed by atoms with van der Waals surface area (Å²) in [5.41, 5.74) is 3.01. The van der Waals surface area contributed by atoms with E-state index in [4.69, 9.17) is 4.52 Å². The molecule has 0 N–H and O–H groups in total. The summed E-state index contributed by atoms with van der Waals surface area (Å²) in [6.45, 7) is 1.87. The third kappa shape index (κ3) is 3.13. The highest BCUT2D eigenvalue weighted by molar-refractivity contribution is 5.88. The fraction of sp³-hybridized carbons (Fsp3) is 0.111. The van der Waals surface area contributed by atoms with E-state index in [1.807, 2.05) is 25.3 Å². The number of imidazole rings is 1. The van der Waals surface area contributed by atoms with Crippen molar-refractivity contribution in [3.8, 4) is 22.7 Å². The number of benzene rings is 2. The highest BCUT2D eigenvalue weighted by Gasteiger charge is 2.30. The second-order valence-corrected chi connectivity index (χ2v) is 5.71. The van der Waals surface area contributed by atoms with Crippen molar-refractivity contribution in [1.29, 1.82) is 0 Å². The van der Waals surface area contributed by atoms with Crippen LogP contribution in [0.3, 0.4) is 0 Å². The molecule has 0 aliphatic heterocycles. The SMILES string of the molecule is Cc1cn(-c2noc3ccc(-c4ccc(OC(F)(F)F)cc4)cc23)cn1. The first-order valence-electron chi connectivity index (χ1n) is 7.66. The molecule has 5 nitrogen and oxygen atoms in total. The van der Waals surface area contributed by atoms with Crippen LogP contribution in [0.2, 0.25) is 0 Å². The van der Waals surface area contributed by atoms with Gasteiger partial charge in [-0.2, -0.15) is 0 Å². The van der Waals surface area contributed by atoms with Crippen LogP contribution in [0.1, 0.15) is 5.69 Å². The minimum absolute atomic E-state index is 0.262. The Kier molecular flexibility index (Phi) is 3.68. The maximum Gasteiger partial charge on any atom is 0.573 e. The number of nitrogens with zero attached hydrogens (tertiary/aromatic N) is 3. The van der Waals surface area contributed by atoms with Crippen LogP contribution in [-0.4, -0.2) is 21.1 Å². The zero-order chi connectivity index (χ0) is 18.3. The summed E-state index contributed by atoms with van der Waals surface area (Å²) in [6.07, 6.45) is -1.24. The van der Waals surface area contributed by atoms with Crippen LogP contribution in [0.4, 0.5) is 13.2 Å². The van der Waals surface area contributed by atoms with Gasteiger partial charge >= 0.3 is 6.36 Å². The lowest BCUT2D eigenvalue weighted by Crippen LogP contribution is -2.16. The summed E-state index contributed by atoms with van der Waals surface area (Å²) >= 11 is 0. The quantitative estimate of drug-likeness (QED) is 0.523. The molecule has 132 valence electrons. The van der Waals surface area contributed by atoms with E-state index in [-0.39, 0.29) is 5.75 Å². The molecule has 0 atom stereocenters. The normalized spacial score (nSPS) is 11.8. The van der Waals surface area contributed by atoms with Crippen LogP contribution < -0.4 is 4.74 Å². The molecule has 2 aromatic carbocycles. The average molecular weight is 359 g/mol. The number of rotatable bonds is 3. The van der Waals surface area contributed by atoms with E-state index in [1.165, 1.54) is 12.1 Å². The van der Waals surface area contributed by atoms with E-state index in [2.05, 4.69) is 14.9 Å². The number of hydrogen-bond acceptors (Lipinski definition) is 4. The van der Waals surface area contributed by atoms with Crippen molar-refractivity contribution in [1.82, 2.24) is 14.7 Å². The third-order valence-corrected chi connectivity index (χ3v) is 3.83. The summed E-state index contributed by atoms with van der Waals surface area (Å²) in [4.78, 5) is 4.17. The monoisotopic (exact) mass is 359 g/mol. The van der Waals surface area contributed by atoms with E-state index >= 15 is 0 Å². The van der Waals surface area contributed by atoms with E-state index in [1.54, 1.807) is 29.1 Å². The molecule has 0 spiro atoms. The van der Waals surface area contributed by atoms with Gasteiger partial charge in [-0.15, -0.1) is 13.2 Å². The minimum atomic E-state index is -4.71. The smallest absolute Gasteiger partial charge is 0.406 e. The molecule has 2 aromatic heterocycles. The van der Waals surface area contributed by atoms with Crippen LogP contribution in [0, 0.1) is 6.92 Å². The lowest BCUT2D eigenvalue weighted by atomic mass is 10.0. The molecule has 26 heavy (non-hydrogen) atoms. The van der Waals surface area contributed by atoms with Crippen LogP contribution in [0.5, 0.6) is 5.75 Å². The molecular weight excluding hydrogens is 347 g/mol. The number of hydrogen-bond donors (Lipinski definition) is 0. The predicted molar refractivity (Wildman–Crippen MR) is 88.0 cm³/mol. The molecule has 2 heterocycles. The summed E-state index contributed by atoms with van der Waals surface area (Å²) < 4.78 is 47.8. The second kappa shape index (κ2) is 5.91. The van der Waals surface area contributed by atoms with Gasteiger partial charge in [0, 0.05) is 6.20 Å². The Hall–Kier alpha value is -3.29. The maximum atomic E-state index is 12.3. The van der Waals surface area contributed by atoms with Gasteiger partial charge in [-0.3, -0.25) is 4.57 Å². The Labute approximate surface area is 145 Å². The Bertz CT molecular complexity index is 1070. The van der Waals surface area contributed by atoms with Gasteiger partial charge in [0.25, 0.3) is 0 Å². The predicted octanol–water partition coefficient (Wildman–Crippen LogP) is 4.89. The largest absolute Gasteiger partial charge is 0.573 e. The number of ether oxygens (including phenoxy) is 1. The molecule has 0 aliphatic carbocycles. The first kappa shape index (κ1) is 16.2. The zero-order valence-electron chi connectivity index (χ0n) is 13.5. The summed E-state index contributed by atoms with van der Waals surface area (Å²) in [5, 5.41) is 4.84. The Morgan fingerprint density at radius 2 is 1.77 bits per heavy atom. The highest BCUT2D eigenvalue weighted by atomic mass is 19.4. The molecule has 0 aliphatic rings. The third-order valence-electron chi connectivity index (χ3n) is 3.83. The lowest BCUT2D eigenvalue weighted by molar-refractivity contribution is -0.274.